The van der Waals surface area contributed by atoms with Crippen molar-refractivity contribution in [2.75, 3.05) is 14.1 Å². The third-order valence-corrected chi connectivity index (χ3v) is 3.11. The van der Waals surface area contributed by atoms with Gasteiger partial charge in [-0.05, 0) is 39.6 Å². The lowest BCUT2D eigenvalue weighted by Crippen LogP contribution is -2.46. The summed E-state index contributed by atoms with van der Waals surface area (Å²) in [4.78, 5) is 13.9. The topological polar surface area (TPSA) is 20.3 Å². The predicted molar refractivity (Wildman–Crippen MR) is 62.9 cm³/mol. The average Bonchev–Trinajstić information content (AvgIpc) is 2.21. The fourth-order valence-electron chi connectivity index (χ4n) is 1.28. The van der Waals surface area contributed by atoms with E-state index < -0.39 is 5.54 Å². The highest BCUT2D eigenvalue weighted by Gasteiger charge is 2.29. The fraction of sp³-hybridized carbons (Fsp3) is 0.462. The molecule has 0 spiro atoms. The van der Waals surface area contributed by atoms with E-state index >= 15 is 0 Å². The predicted octanol–water partition coefficient (Wildman–Crippen LogP) is 2.28. The number of carbonyl (C=O) groups is 1. The number of hydrogen-bond donors (Lipinski definition) is 0. The van der Waals surface area contributed by atoms with Crippen LogP contribution < -0.4 is 0 Å². The van der Waals surface area contributed by atoms with Crippen molar-refractivity contribution in [3.63, 3.8) is 0 Å². The van der Waals surface area contributed by atoms with Crippen LogP contribution in [-0.2, 0) is 11.2 Å². The molecule has 0 aliphatic heterocycles. The van der Waals surface area contributed by atoms with Gasteiger partial charge in [0, 0.05) is 6.42 Å². The maximum atomic E-state index is 13.4. The molecule has 0 saturated heterocycles. The van der Waals surface area contributed by atoms with Crippen LogP contribution in [0.4, 0.5) is 4.39 Å². The number of Topliss-reactive ketones (excluding diaryl/α,β-unsaturated/α-hetero) is 1. The smallest absolute Gasteiger partial charge is 0.156 e. The Labute approximate surface area is 96.1 Å². The van der Waals surface area contributed by atoms with Gasteiger partial charge in [0.05, 0.1) is 5.54 Å². The highest BCUT2D eigenvalue weighted by molar-refractivity contribution is 5.89. The molecule has 0 heterocycles. The van der Waals surface area contributed by atoms with Gasteiger partial charge < -0.3 is 0 Å². The lowest BCUT2D eigenvalue weighted by Gasteiger charge is -2.30. The van der Waals surface area contributed by atoms with Crippen LogP contribution in [0.15, 0.2) is 24.3 Å². The van der Waals surface area contributed by atoms with Crippen LogP contribution in [0.3, 0.4) is 0 Å². The van der Waals surface area contributed by atoms with E-state index in [0.29, 0.717) is 5.56 Å². The molecular weight excluding hydrogens is 205 g/mol. The lowest BCUT2D eigenvalue weighted by molar-refractivity contribution is -0.127. The van der Waals surface area contributed by atoms with Gasteiger partial charge in [0.1, 0.15) is 5.82 Å². The zero-order valence-corrected chi connectivity index (χ0v) is 10.2. The highest BCUT2D eigenvalue weighted by Crippen LogP contribution is 2.16. The van der Waals surface area contributed by atoms with Crippen molar-refractivity contribution in [1.82, 2.24) is 4.90 Å². The van der Waals surface area contributed by atoms with Crippen LogP contribution in [0.2, 0.25) is 0 Å². The molecule has 0 fully saturated rings. The van der Waals surface area contributed by atoms with Gasteiger partial charge in [-0.25, -0.2) is 4.39 Å². The summed E-state index contributed by atoms with van der Waals surface area (Å²) in [6, 6.07) is 6.40. The average molecular weight is 223 g/mol. The van der Waals surface area contributed by atoms with Crippen molar-refractivity contribution < 1.29 is 9.18 Å². The molecule has 1 aromatic rings. The summed E-state index contributed by atoms with van der Waals surface area (Å²) in [5.74, 6) is -0.298. The monoisotopic (exact) mass is 223 g/mol. The first-order valence-electron chi connectivity index (χ1n) is 5.30. The molecule has 0 bridgehead atoms. The molecule has 1 aromatic carbocycles. The number of benzene rings is 1. The Morgan fingerprint density at radius 3 is 2.38 bits per heavy atom. The second-order valence-corrected chi connectivity index (χ2v) is 4.64. The Morgan fingerprint density at radius 2 is 1.88 bits per heavy atom. The van der Waals surface area contributed by atoms with Gasteiger partial charge in [0.15, 0.2) is 5.78 Å². The third kappa shape index (κ3) is 2.67. The number of likely N-dealkylation sites (N-methyl/N-ethyl adjacent to an activating group) is 1. The number of halogens is 1. The number of hydrogen-bond acceptors (Lipinski definition) is 2. The largest absolute Gasteiger partial charge is 0.298 e. The van der Waals surface area contributed by atoms with E-state index in [2.05, 4.69) is 0 Å². The highest BCUT2D eigenvalue weighted by atomic mass is 19.1. The molecule has 0 amide bonds. The summed E-state index contributed by atoms with van der Waals surface area (Å²) in [5.41, 5.74) is -0.107. The minimum atomic E-state index is -0.567. The summed E-state index contributed by atoms with van der Waals surface area (Å²) in [6.45, 7) is 3.69. The van der Waals surface area contributed by atoms with E-state index in [0.717, 1.165) is 0 Å². The Hall–Kier alpha value is -1.22. The number of rotatable bonds is 4. The SMILES string of the molecule is CN(C)C(C)(C)C(=O)Cc1ccccc1F. The van der Waals surface area contributed by atoms with Gasteiger partial charge in [-0.2, -0.15) is 0 Å². The molecule has 2 nitrogen and oxygen atoms in total. The van der Waals surface area contributed by atoms with Gasteiger partial charge in [-0.15, -0.1) is 0 Å². The molecule has 0 saturated carbocycles. The first kappa shape index (κ1) is 12.8. The minimum absolute atomic E-state index is 0.0163. The van der Waals surface area contributed by atoms with Crippen molar-refractivity contribution in [3.8, 4) is 0 Å². The molecule has 0 aromatic heterocycles. The van der Waals surface area contributed by atoms with Crippen molar-refractivity contribution in [2.24, 2.45) is 0 Å². The van der Waals surface area contributed by atoms with Gasteiger partial charge in [-0.1, -0.05) is 18.2 Å². The van der Waals surface area contributed by atoms with E-state index in [1.165, 1.54) is 6.07 Å². The quantitative estimate of drug-likeness (QED) is 0.780. The maximum Gasteiger partial charge on any atom is 0.156 e. The van der Waals surface area contributed by atoms with Crippen LogP contribution in [0.5, 0.6) is 0 Å². The molecule has 0 radical (unpaired) electrons. The molecule has 88 valence electrons. The van der Waals surface area contributed by atoms with Crippen molar-refractivity contribution >= 4 is 5.78 Å². The molecule has 0 atom stereocenters. The number of carbonyl (C=O) groups excluding carboxylic acids is 1. The summed E-state index contributed by atoms with van der Waals surface area (Å²) < 4.78 is 13.4. The molecule has 3 heteroatoms. The second-order valence-electron chi connectivity index (χ2n) is 4.64. The van der Waals surface area contributed by atoms with Crippen LogP contribution >= 0.6 is 0 Å². The van der Waals surface area contributed by atoms with Gasteiger partial charge in [-0.3, -0.25) is 9.69 Å². The minimum Gasteiger partial charge on any atom is -0.298 e. The lowest BCUT2D eigenvalue weighted by atomic mass is 9.92. The van der Waals surface area contributed by atoms with E-state index in [1.807, 2.05) is 32.8 Å². The number of ketones is 1. The number of nitrogens with zero attached hydrogens (tertiary/aromatic N) is 1. The molecule has 0 unspecified atom stereocenters. The van der Waals surface area contributed by atoms with Crippen LogP contribution in [-0.4, -0.2) is 30.3 Å². The standard InChI is InChI=1S/C13H18FNO/c1-13(2,15(3)4)12(16)9-10-7-5-6-8-11(10)14/h5-8H,9H2,1-4H3. The normalized spacial score (nSPS) is 11.9. The zero-order chi connectivity index (χ0) is 12.3. The van der Waals surface area contributed by atoms with Gasteiger partial charge in [0.2, 0.25) is 0 Å². The van der Waals surface area contributed by atoms with Gasteiger partial charge >= 0.3 is 0 Å². The molecule has 0 aliphatic carbocycles. The van der Waals surface area contributed by atoms with Crippen molar-refractivity contribution in [3.05, 3.63) is 35.6 Å². The van der Waals surface area contributed by atoms with Crippen LogP contribution in [0.25, 0.3) is 0 Å². The van der Waals surface area contributed by atoms with Gasteiger partial charge in [0.25, 0.3) is 0 Å². The van der Waals surface area contributed by atoms with Crippen molar-refractivity contribution in [2.45, 2.75) is 25.8 Å². The van der Waals surface area contributed by atoms with Crippen LogP contribution in [0, 0.1) is 5.82 Å². The molecular formula is C13H18FNO. The molecule has 16 heavy (non-hydrogen) atoms. The molecule has 0 aliphatic rings. The van der Waals surface area contributed by atoms with E-state index in [1.54, 1.807) is 18.2 Å². The van der Waals surface area contributed by atoms with E-state index in [-0.39, 0.29) is 18.0 Å². The molecule has 0 N–H and O–H groups in total. The van der Waals surface area contributed by atoms with Crippen molar-refractivity contribution in [1.29, 1.82) is 0 Å². The van der Waals surface area contributed by atoms with E-state index in [9.17, 15) is 9.18 Å². The Balaban J connectivity index is 2.84. The maximum absolute atomic E-state index is 13.4. The summed E-state index contributed by atoms with van der Waals surface area (Å²) in [7, 11) is 3.69. The molecule has 1 rings (SSSR count). The Bertz CT molecular complexity index is 385. The fourth-order valence-corrected chi connectivity index (χ4v) is 1.28. The van der Waals surface area contributed by atoms with Crippen LogP contribution in [0.1, 0.15) is 19.4 Å². The first-order valence-corrected chi connectivity index (χ1v) is 5.30. The summed E-state index contributed by atoms with van der Waals surface area (Å²) in [6.07, 6.45) is 0.137. The third-order valence-electron chi connectivity index (χ3n) is 3.11. The van der Waals surface area contributed by atoms with E-state index in [4.69, 9.17) is 0 Å². The first-order chi connectivity index (χ1) is 7.35. The second kappa shape index (κ2) is 4.74. The Morgan fingerprint density at radius 1 is 1.31 bits per heavy atom. The summed E-state index contributed by atoms with van der Waals surface area (Å²) in [5, 5.41) is 0. The zero-order valence-electron chi connectivity index (χ0n) is 10.2. The Kier molecular flexibility index (Phi) is 3.81. The summed E-state index contributed by atoms with van der Waals surface area (Å²) >= 11 is 0.